The lowest BCUT2D eigenvalue weighted by atomic mass is 10.1. The standard InChI is InChI=1S/C18H22N2O2S/c1-22-16-6-3-2-5-15(16)8-9-19-10-12-20(13-11-19)18(21)17-7-4-14-23-17/h2-7,14H,8-13H2,1H3. The summed E-state index contributed by atoms with van der Waals surface area (Å²) in [7, 11) is 1.72. The van der Waals surface area contributed by atoms with Crippen LogP contribution in [0.3, 0.4) is 0 Å². The monoisotopic (exact) mass is 330 g/mol. The van der Waals surface area contributed by atoms with Crippen molar-refractivity contribution in [3.05, 3.63) is 52.2 Å². The van der Waals surface area contributed by atoms with E-state index in [9.17, 15) is 4.79 Å². The van der Waals surface area contributed by atoms with Gasteiger partial charge in [0, 0.05) is 32.7 Å². The van der Waals surface area contributed by atoms with Gasteiger partial charge in [0.15, 0.2) is 0 Å². The zero-order chi connectivity index (χ0) is 16.1. The van der Waals surface area contributed by atoms with Crippen molar-refractivity contribution in [1.82, 2.24) is 9.80 Å². The minimum absolute atomic E-state index is 0.171. The van der Waals surface area contributed by atoms with E-state index in [0.29, 0.717) is 0 Å². The Bertz CT molecular complexity index is 634. The molecule has 0 saturated carbocycles. The summed E-state index contributed by atoms with van der Waals surface area (Å²) in [5.41, 5.74) is 1.24. The first-order valence-corrected chi connectivity index (χ1v) is 8.83. The number of para-hydroxylation sites is 1. The zero-order valence-corrected chi connectivity index (χ0v) is 14.2. The first-order chi connectivity index (χ1) is 11.3. The van der Waals surface area contributed by atoms with Crippen molar-refractivity contribution in [3.63, 3.8) is 0 Å². The van der Waals surface area contributed by atoms with Crippen LogP contribution in [0.4, 0.5) is 0 Å². The van der Waals surface area contributed by atoms with Gasteiger partial charge in [-0.1, -0.05) is 24.3 Å². The molecule has 1 aliphatic rings. The summed E-state index contributed by atoms with van der Waals surface area (Å²) in [6, 6.07) is 12.0. The van der Waals surface area contributed by atoms with Crippen LogP contribution >= 0.6 is 11.3 Å². The molecule has 0 aliphatic carbocycles. The van der Waals surface area contributed by atoms with Gasteiger partial charge in [0.2, 0.25) is 0 Å². The van der Waals surface area contributed by atoms with E-state index in [2.05, 4.69) is 17.0 Å². The van der Waals surface area contributed by atoms with Crippen LogP contribution in [0.5, 0.6) is 5.75 Å². The Kier molecular flexibility index (Phi) is 5.31. The number of methoxy groups -OCH3 is 1. The second kappa shape index (κ2) is 7.62. The number of thiophene rings is 1. The van der Waals surface area contributed by atoms with Crippen molar-refractivity contribution in [3.8, 4) is 5.75 Å². The van der Waals surface area contributed by atoms with Gasteiger partial charge in [-0.2, -0.15) is 0 Å². The summed E-state index contributed by atoms with van der Waals surface area (Å²) in [4.78, 5) is 17.6. The molecule has 4 nitrogen and oxygen atoms in total. The third kappa shape index (κ3) is 3.92. The van der Waals surface area contributed by atoms with E-state index in [1.165, 1.54) is 16.9 Å². The molecule has 3 rings (SSSR count). The molecular formula is C18H22N2O2S. The first-order valence-electron chi connectivity index (χ1n) is 7.95. The van der Waals surface area contributed by atoms with Crippen LogP contribution in [0.15, 0.2) is 41.8 Å². The maximum absolute atomic E-state index is 12.3. The second-order valence-electron chi connectivity index (χ2n) is 5.67. The molecule has 2 aromatic rings. The lowest BCUT2D eigenvalue weighted by Gasteiger charge is -2.34. The summed E-state index contributed by atoms with van der Waals surface area (Å²) in [6.45, 7) is 4.49. The summed E-state index contributed by atoms with van der Waals surface area (Å²) >= 11 is 1.52. The van der Waals surface area contributed by atoms with Crippen LogP contribution < -0.4 is 4.74 Å². The molecule has 1 aliphatic heterocycles. The summed E-state index contributed by atoms with van der Waals surface area (Å²) in [5, 5.41) is 1.96. The van der Waals surface area contributed by atoms with E-state index < -0.39 is 0 Å². The summed E-state index contributed by atoms with van der Waals surface area (Å²) in [5.74, 6) is 1.13. The molecule has 5 heteroatoms. The van der Waals surface area contributed by atoms with Gasteiger partial charge in [0.05, 0.1) is 12.0 Å². The minimum Gasteiger partial charge on any atom is -0.496 e. The van der Waals surface area contributed by atoms with Crippen LogP contribution in [0.25, 0.3) is 0 Å². The number of ether oxygens (including phenoxy) is 1. The van der Waals surface area contributed by atoms with Gasteiger partial charge in [-0.25, -0.2) is 0 Å². The predicted molar refractivity (Wildman–Crippen MR) is 93.4 cm³/mol. The topological polar surface area (TPSA) is 32.8 Å². The fourth-order valence-electron chi connectivity index (χ4n) is 2.92. The quantitative estimate of drug-likeness (QED) is 0.845. The van der Waals surface area contributed by atoms with Crippen molar-refractivity contribution in [2.24, 2.45) is 0 Å². The highest BCUT2D eigenvalue weighted by atomic mass is 32.1. The Balaban J connectivity index is 1.49. The molecule has 0 atom stereocenters. The number of nitrogens with zero attached hydrogens (tertiary/aromatic N) is 2. The molecule has 122 valence electrons. The van der Waals surface area contributed by atoms with Crippen LogP contribution in [0.2, 0.25) is 0 Å². The fraction of sp³-hybridized carbons (Fsp3) is 0.389. The Morgan fingerprint density at radius 2 is 1.91 bits per heavy atom. The first kappa shape index (κ1) is 16.0. The normalized spacial score (nSPS) is 15.6. The lowest BCUT2D eigenvalue weighted by molar-refractivity contribution is 0.0643. The smallest absolute Gasteiger partial charge is 0.264 e. The zero-order valence-electron chi connectivity index (χ0n) is 13.4. The molecule has 1 aromatic heterocycles. The van der Waals surface area contributed by atoms with Crippen molar-refractivity contribution in [2.75, 3.05) is 39.8 Å². The molecule has 0 radical (unpaired) electrons. The van der Waals surface area contributed by atoms with Gasteiger partial charge in [-0.3, -0.25) is 9.69 Å². The number of hydrogen-bond acceptors (Lipinski definition) is 4. The van der Waals surface area contributed by atoms with E-state index in [1.807, 2.05) is 34.5 Å². The molecule has 1 fully saturated rings. The van der Waals surface area contributed by atoms with Gasteiger partial charge >= 0.3 is 0 Å². The van der Waals surface area contributed by atoms with Crippen LogP contribution in [0.1, 0.15) is 15.2 Å². The Morgan fingerprint density at radius 3 is 2.61 bits per heavy atom. The minimum atomic E-state index is 0.171. The van der Waals surface area contributed by atoms with Crippen molar-refractivity contribution >= 4 is 17.2 Å². The van der Waals surface area contributed by atoms with Crippen molar-refractivity contribution in [1.29, 1.82) is 0 Å². The molecule has 1 saturated heterocycles. The average Bonchev–Trinajstić information content (AvgIpc) is 3.14. The SMILES string of the molecule is COc1ccccc1CCN1CCN(C(=O)c2cccs2)CC1. The summed E-state index contributed by atoms with van der Waals surface area (Å²) < 4.78 is 5.40. The maximum atomic E-state index is 12.3. The van der Waals surface area contributed by atoms with E-state index in [1.54, 1.807) is 7.11 Å². The fourth-order valence-corrected chi connectivity index (χ4v) is 3.61. The number of piperazine rings is 1. The van der Waals surface area contributed by atoms with Crippen LogP contribution in [-0.2, 0) is 6.42 Å². The number of rotatable bonds is 5. The lowest BCUT2D eigenvalue weighted by Crippen LogP contribution is -2.49. The van der Waals surface area contributed by atoms with E-state index in [4.69, 9.17) is 4.74 Å². The number of hydrogen-bond donors (Lipinski definition) is 0. The van der Waals surface area contributed by atoms with Crippen LogP contribution in [-0.4, -0.2) is 55.5 Å². The third-order valence-corrected chi connectivity index (χ3v) is 5.14. The summed E-state index contributed by atoms with van der Waals surface area (Å²) in [6.07, 6.45) is 0.975. The van der Waals surface area contributed by atoms with E-state index in [-0.39, 0.29) is 5.91 Å². The maximum Gasteiger partial charge on any atom is 0.264 e. The molecule has 1 aromatic carbocycles. The van der Waals surface area contributed by atoms with E-state index >= 15 is 0 Å². The van der Waals surface area contributed by atoms with Gasteiger partial charge in [-0.15, -0.1) is 11.3 Å². The molecular weight excluding hydrogens is 308 g/mol. The molecule has 2 heterocycles. The molecule has 0 bridgehead atoms. The number of benzene rings is 1. The van der Waals surface area contributed by atoms with Crippen molar-refractivity contribution in [2.45, 2.75) is 6.42 Å². The highest BCUT2D eigenvalue weighted by Gasteiger charge is 2.22. The highest BCUT2D eigenvalue weighted by Crippen LogP contribution is 2.19. The number of carbonyl (C=O) groups excluding carboxylic acids is 1. The van der Waals surface area contributed by atoms with Crippen molar-refractivity contribution < 1.29 is 9.53 Å². The number of carbonyl (C=O) groups is 1. The largest absolute Gasteiger partial charge is 0.496 e. The van der Waals surface area contributed by atoms with Gasteiger partial charge in [-0.05, 0) is 29.5 Å². The highest BCUT2D eigenvalue weighted by molar-refractivity contribution is 7.12. The Hall–Kier alpha value is -1.85. The predicted octanol–water partition coefficient (Wildman–Crippen LogP) is 2.76. The molecule has 23 heavy (non-hydrogen) atoms. The van der Waals surface area contributed by atoms with Gasteiger partial charge < -0.3 is 9.64 Å². The van der Waals surface area contributed by atoms with E-state index in [0.717, 1.165) is 49.8 Å². The average molecular weight is 330 g/mol. The molecule has 0 N–H and O–H groups in total. The Labute approximate surface area is 141 Å². The molecule has 1 amide bonds. The third-order valence-electron chi connectivity index (χ3n) is 4.28. The second-order valence-corrected chi connectivity index (χ2v) is 6.62. The molecule has 0 spiro atoms. The Morgan fingerprint density at radius 1 is 1.13 bits per heavy atom. The van der Waals surface area contributed by atoms with Gasteiger partial charge in [0.25, 0.3) is 5.91 Å². The van der Waals surface area contributed by atoms with Crippen LogP contribution in [0, 0.1) is 0 Å². The molecule has 0 unspecified atom stereocenters. The van der Waals surface area contributed by atoms with Gasteiger partial charge in [0.1, 0.15) is 5.75 Å². The number of amides is 1.